The fourth-order valence-electron chi connectivity index (χ4n) is 5.67. The number of hydrogen-bond acceptors (Lipinski definition) is 6. The summed E-state index contributed by atoms with van der Waals surface area (Å²) in [6.45, 7) is 0.415. The molecule has 2 aromatic heterocycles. The van der Waals surface area contributed by atoms with Crippen LogP contribution < -0.4 is 5.32 Å². The van der Waals surface area contributed by atoms with Gasteiger partial charge in [-0.05, 0) is 79.5 Å². The van der Waals surface area contributed by atoms with Crippen molar-refractivity contribution in [3.63, 3.8) is 0 Å². The highest BCUT2D eigenvalue weighted by atomic mass is 127. The fourth-order valence-corrected chi connectivity index (χ4v) is 7.18. The van der Waals surface area contributed by atoms with E-state index in [4.69, 9.17) is 5.26 Å². The molecule has 3 aliphatic rings. The second kappa shape index (κ2) is 10.7. The molecule has 0 aromatic carbocycles. The van der Waals surface area contributed by atoms with Gasteiger partial charge in [0.05, 0.1) is 23.7 Å². The number of halogens is 4. The van der Waals surface area contributed by atoms with Gasteiger partial charge in [-0.25, -0.2) is 14.4 Å². The fraction of sp³-hybridized carbons (Fsp3) is 0.583. The third-order valence-corrected chi connectivity index (χ3v) is 9.80. The molecule has 2 amide bonds. The summed E-state index contributed by atoms with van der Waals surface area (Å²) in [4.78, 5) is 36.6. The molecule has 38 heavy (non-hydrogen) atoms. The van der Waals surface area contributed by atoms with Crippen LogP contribution >= 0.6 is 28.4 Å². The van der Waals surface area contributed by atoms with Crippen LogP contribution in [-0.2, 0) is 4.79 Å². The van der Waals surface area contributed by atoms with Crippen molar-refractivity contribution in [2.45, 2.75) is 69.1 Å². The number of likely N-dealkylation sites (tertiary alicyclic amines) is 1. The van der Waals surface area contributed by atoms with Gasteiger partial charge in [-0.1, -0.05) is 0 Å². The molecule has 5 rings (SSSR count). The van der Waals surface area contributed by atoms with Gasteiger partial charge in [0.1, 0.15) is 18.1 Å². The van der Waals surface area contributed by atoms with E-state index in [0.717, 1.165) is 12.8 Å². The van der Waals surface area contributed by atoms with Crippen LogP contribution in [0.15, 0.2) is 18.5 Å². The average Bonchev–Trinajstić information content (AvgIpc) is 3.52. The number of hydrogen-bond donors (Lipinski definition) is 1. The van der Waals surface area contributed by atoms with Gasteiger partial charge < -0.3 is 10.2 Å². The number of nitrogens with zero attached hydrogens (tertiary/aromatic N) is 6. The van der Waals surface area contributed by atoms with Crippen LogP contribution in [-0.4, -0.2) is 60.5 Å². The van der Waals surface area contributed by atoms with Gasteiger partial charge in [0, 0.05) is 30.1 Å². The summed E-state index contributed by atoms with van der Waals surface area (Å²) in [5.41, 5.74) is 1.26. The molecule has 1 saturated heterocycles. The zero-order valence-electron chi connectivity index (χ0n) is 20.3. The van der Waals surface area contributed by atoms with Gasteiger partial charge in [-0.3, -0.25) is 9.59 Å². The van der Waals surface area contributed by atoms with E-state index in [2.05, 4.69) is 42.4 Å². The topological polar surface area (TPSA) is 117 Å². The minimum Gasteiger partial charge on any atom is -0.353 e. The van der Waals surface area contributed by atoms with Crippen molar-refractivity contribution in [2.75, 3.05) is 6.54 Å². The smallest absolute Gasteiger partial charge is 0.353 e. The van der Waals surface area contributed by atoms with E-state index in [-0.39, 0.29) is 59.9 Å². The summed E-state index contributed by atoms with van der Waals surface area (Å²) in [5, 5.41) is 16.7. The Bertz CT molecular complexity index is 1270. The summed E-state index contributed by atoms with van der Waals surface area (Å²) in [6.07, 6.45) is 0.758. The molecule has 202 valence electrons. The van der Waals surface area contributed by atoms with E-state index in [1.54, 1.807) is 16.6 Å². The molecule has 0 radical (unpaired) electrons. The maximum atomic E-state index is 13.6. The Morgan fingerprint density at radius 2 is 1.89 bits per heavy atom. The monoisotopic (exact) mass is 659 g/mol. The van der Waals surface area contributed by atoms with Gasteiger partial charge in [0.2, 0.25) is 5.91 Å². The number of carbonyl (C=O) groups is 2. The standard InChI is InChI=1S/C24H26F3IN7O2P/c25-24(26,27)15-1-3-16(4-2-15)32-21(36)14-5-8-34(23(11-14)6-7-23)22(37)19-10-20(35(33-19)38-28)18-9-17(12-29)30-13-31-18/h9-10,13-16,38H,1-8,11H2,(H,32,36). The zero-order valence-corrected chi connectivity index (χ0v) is 23.5. The molecule has 2 aliphatic carbocycles. The van der Waals surface area contributed by atoms with Crippen LogP contribution in [0.5, 0.6) is 0 Å². The van der Waals surface area contributed by atoms with Gasteiger partial charge >= 0.3 is 6.18 Å². The van der Waals surface area contributed by atoms with Crippen molar-refractivity contribution in [2.24, 2.45) is 11.8 Å². The quantitative estimate of drug-likeness (QED) is 0.370. The molecule has 3 fully saturated rings. The molecule has 0 bridgehead atoms. The van der Waals surface area contributed by atoms with Crippen LogP contribution in [0.25, 0.3) is 11.4 Å². The predicted molar refractivity (Wildman–Crippen MR) is 141 cm³/mol. The minimum atomic E-state index is -4.17. The van der Waals surface area contributed by atoms with Crippen LogP contribution in [0.4, 0.5) is 13.2 Å². The van der Waals surface area contributed by atoms with Crippen LogP contribution in [0.1, 0.15) is 67.5 Å². The molecule has 1 aliphatic heterocycles. The lowest BCUT2D eigenvalue weighted by Crippen LogP contribution is -2.52. The number of nitriles is 1. The highest BCUT2D eigenvalue weighted by molar-refractivity contribution is 14.2. The van der Waals surface area contributed by atoms with Crippen molar-refractivity contribution in [3.8, 4) is 17.5 Å². The number of nitrogens with one attached hydrogen (secondary N) is 1. The third kappa shape index (κ3) is 5.52. The lowest BCUT2D eigenvalue weighted by atomic mass is 9.84. The number of rotatable bonds is 5. The Balaban J connectivity index is 1.24. The third-order valence-electron chi connectivity index (χ3n) is 7.93. The molecule has 2 unspecified atom stereocenters. The summed E-state index contributed by atoms with van der Waals surface area (Å²) < 4.78 is 40.6. The Kier molecular flexibility index (Phi) is 7.66. The van der Waals surface area contributed by atoms with E-state index in [0.29, 0.717) is 43.6 Å². The van der Waals surface area contributed by atoms with Crippen molar-refractivity contribution in [3.05, 3.63) is 29.8 Å². The second-order valence-electron chi connectivity index (χ2n) is 10.3. The highest BCUT2D eigenvalue weighted by Crippen LogP contribution is 2.51. The second-order valence-corrected chi connectivity index (χ2v) is 12.3. The van der Waals surface area contributed by atoms with Crippen LogP contribution in [0, 0.1) is 23.2 Å². The summed E-state index contributed by atoms with van der Waals surface area (Å²) >= 11 is 2.17. The number of piperidine rings is 1. The first-order valence-electron chi connectivity index (χ1n) is 12.5. The summed E-state index contributed by atoms with van der Waals surface area (Å²) in [6, 6.07) is 5.00. The van der Waals surface area contributed by atoms with E-state index < -0.39 is 12.1 Å². The van der Waals surface area contributed by atoms with E-state index in [1.165, 1.54) is 6.33 Å². The molecule has 2 aromatic rings. The van der Waals surface area contributed by atoms with Gasteiger partial charge in [0.15, 0.2) is 5.69 Å². The molecular weight excluding hydrogens is 633 g/mol. The first kappa shape index (κ1) is 27.2. The average molecular weight is 659 g/mol. The SMILES string of the molecule is N#Cc1cc(-c2cc(C(=O)N3CCC(C(=O)NC4CCC(C(F)(F)F)CC4)CC34CC4)nn2PI)ncn1. The molecule has 3 heterocycles. The first-order chi connectivity index (χ1) is 18.1. The lowest BCUT2D eigenvalue weighted by Gasteiger charge is -2.40. The highest BCUT2D eigenvalue weighted by Gasteiger charge is 2.55. The van der Waals surface area contributed by atoms with Crippen molar-refractivity contribution in [1.29, 1.82) is 5.26 Å². The molecular formula is C24H26F3IN7O2P. The van der Waals surface area contributed by atoms with E-state index in [9.17, 15) is 22.8 Å². The lowest BCUT2D eigenvalue weighted by molar-refractivity contribution is -0.182. The number of aromatic nitrogens is 4. The van der Waals surface area contributed by atoms with Crippen molar-refractivity contribution < 1.29 is 22.8 Å². The van der Waals surface area contributed by atoms with Crippen LogP contribution in [0.3, 0.4) is 0 Å². The first-order valence-corrected chi connectivity index (χ1v) is 16.6. The summed E-state index contributed by atoms with van der Waals surface area (Å²) in [7, 11) is 0. The zero-order chi connectivity index (χ0) is 27.1. The maximum Gasteiger partial charge on any atom is 0.391 e. The van der Waals surface area contributed by atoms with Gasteiger partial charge in [0.25, 0.3) is 5.91 Å². The summed E-state index contributed by atoms with van der Waals surface area (Å²) in [5.74, 6) is -1.86. The number of alkyl halides is 3. The van der Waals surface area contributed by atoms with E-state index >= 15 is 0 Å². The van der Waals surface area contributed by atoms with Crippen LogP contribution in [0.2, 0.25) is 0 Å². The van der Waals surface area contributed by atoms with Crippen molar-refractivity contribution in [1.82, 2.24) is 29.7 Å². The van der Waals surface area contributed by atoms with Crippen molar-refractivity contribution >= 4 is 40.2 Å². The predicted octanol–water partition coefficient (Wildman–Crippen LogP) is 4.63. The maximum absolute atomic E-state index is 13.6. The number of carbonyl (C=O) groups excluding carboxylic acids is 2. The molecule has 2 saturated carbocycles. The number of amides is 2. The minimum absolute atomic E-state index is 0.0462. The normalized spacial score (nSPS) is 24.9. The molecule has 2 atom stereocenters. The Labute approximate surface area is 232 Å². The molecule has 1 spiro atoms. The van der Waals surface area contributed by atoms with Gasteiger partial charge in [-0.15, -0.1) is 0 Å². The molecule has 9 nitrogen and oxygen atoms in total. The van der Waals surface area contributed by atoms with Gasteiger partial charge in [-0.2, -0.15) is 23.5 Å². The largest absolute Gasteiger partial charge is 0.391 e. The Morgan fingerprint density at radius 1 is 1.16 bits per heavy atom. The Hall–Kier alpha value is -2.33. The molecule has 1 N–H and O–H groups in total. The Morgan fingerprint density at radius 3 is 2.53 bits per heavy atom. The van der Waals surface area contributed by atoms with E-state index in [1.807, 2.05) is 11.0 Å². The molecule has 14 heteroatoms.